The zero-order valence-corrected chi connectivity index (χ0v) is 12.1. The summed E-state index contributed by atoms with van der Waals surface area (Å²) in [6.07, 6.45) is 1.46. The Morgan fingerprint density at radius 2 is 1.95 bits per heavy atom. The molecular formula is C13H18N2O4S. The molecule has 0 aliphatic carbocycles. The minimum absolute atomic E-state index is 0.0313. The predicted octanol–water partition coefficient (Wildman–Crippen LogP) is 0.642. The number of nitrogens with one attached hydrogen (secondary N) is 2. The van der Waals surface area contributed by atoms with Gasteiger partial charge in [0.1, 0.15) is 5.75 Å². The van der Waals surface area contributed by atoms with Gasteiger partial charge in [-0.05, 0) is 37.1 Å². The summed E-state index contributed by atoms with van der Waals surface area (Å²) < 4.78 is 32.1. The van der Waals surface area contributed by atoms with Gasteiger partial charge >= 0.3 is 0 Å². The quantitative estimate of drug-likeness (QED) is 0.854. The fourth-order valence-corrected chi connectivity index (χ4v) is 3.39. The number of benzene rings is 1. The summed E-state index contributed by atoms with van der Waals surface area (Å²) in [5.41, 5.74) is 0. The van der Waals surface area contributed by atoms with E-state index in [1.54, 1.807) is 12.1 Å². The number of rotatable bonds is 4. The van der Waals surface area contributed by atoms with Gasteiger partial charge in [-0.3, -0.25) is 4.79 Å². The van der Waals surface area contributed by atoms with Gasteiger partial charge in [-0.1, -0.05) is 0 Å². The molecule has 1 aromatic carbocycles. The van der Waals surface area contributed by atoms with Gasteiger partial charge in [-0.15, -0.1) is 0 Å². The maximum Gasteiger partial charge on any atom is 0.240 e. The molecule has 0 saturated carbocycles. The van der Waals surface area contributed by atoms with Crippen molar-refractivity contribution in [3.05, 3.63) is 24.3 Å². The van der Waals surface area contributed by atoms with Crippen LogP contribution in [-0.2, 0) is 14.8 Å². The van der Waals surface area contributed by atoms with Crippen LogP contribution in [0.25, 0.3) is 0 Å². The highest BCUT2D eigenvalue weighted by Gasteiger charge is 2.22. The second-order valence-electron chi connectivity index (χ2n) is 4.67. The summed E-state index contributed by atoms with van der Waals surface area (Å²) in [6, 6.07) is 5.99. The molecule has 1 heterocycles. The van der Waals surface area contributed by atoms with E-state index in [1.165, 1.54) is 19.2 Å². The Labute approximate surface area is 118 Å². The van der Waals surface area contributed by atoms with Crippen LogP contribution in [0.15, 0.2) is 29.2 Å². The normalized spacial score (nSPS) is 20.1. The van der Waals surface area contributed by atoms with E-state index in [0.717, 1.165) is 0 Å². The Hall–Kier alpha value is -1.60. The van der Waals surface area contributed by atoms with Crippen molar-refractivity contribution in [2.75, 3.05) is 13.7 Å². The van der Waals surface area contributed by atoms with Gasteiger partial charge in [0.2, 0.25) is 15.9 Å². The van der Waals surface area contributed by atoms with E-state index in [4.69, 9.17) is 4.74 Å². The smallest absolute Gasteiger partial charge is 0.240 e. The molecule has 1 aromatic rings. The van der Waals surface area contributed by atoms with Gasteiger partial charge in [0.15, 0.2) is 0 Å². The first kappa shape index (κ1) is 14.8. The number of carbonyl (C=O) groups excluding carboxylic acids is 1. The van der Waals surface area contributed by atoms with Gasteiger partial charge in [0, 0.05) is 19.0 Å². The van der Waals surface area contributed by atoms with Crippen molar-refractivity contribution in [2.24, 2.45) is 0 Å². The third-order valence-electron chi connectivity index (χ3n) is 3.23. The van der Waals surface area contributed by atoms with Gasteiger partial charge in [0.05, 0.1) is 12.0 Å². The molecule has 1 aliphatic rings. The summed E-state index contributed by atoms with van der Waals surface area (Å²) in [7, 11) is -2.04. The van der Waals surface area contributed by atoms with E-state index in [-0.39, 0.29) is 16.8 Å². The lowest BCUT2D eigenvalue weighted by molar-refractivity contribution is -0.120. The topological polar surface area (TPSA) is 84.5 Å². The molecule has 1 fully saturated rings. The second kappa shape index (κ2) is 6.23. The average molecular weight is 298 g/mol. The van der Waals surface area contributed by atoms with Crippen molar-refractivity contribution in [3.63, 3.8) is 0 Å². The van der Waals surface area contributed by atoms with Crippen molar-refractivity contribution in [1.29, 1.82) is 0 Å². The minimum Gasteiger partial charge on any atom is -0.497 e. The van der Waals surface area contributed by atoms with Crippen LogP contribution in [0.5, 0.6) is 5.75 Å². The predicted molar refractivity (Wildman–Crippen MR) is 74.0 cm³/mol. The first-order chi connectivity index (χ1) is 9.51. The van der Waals surface area contributed by atoms with E-state index < -0.39 is 10.0 Å². The molecule has 1 saturated heterocycles. The Morgan fingerprint density at radius 3 is 2.60 bits per heavy atom. The fourth-order valence-electron chi connectivity index (χ4n) is 2.08. The second-order valence-corrected chi connectivity index (χ2v) is 6.39. The summed E-state index contributed by atoms with van der Waals surface area (Å²) in [5, 5.41) is 2.72. The SMILES string of the molecule is COc1ccc(S(=O)(=O)NC2CCNC(=O)CC2)cc1. The van der Waals surface area contributed by atoms with Crippen LogP contribution in [0.3, 0.4) is 0 Å². The van der Waals surface area contributed by atoms with Crippen LogP contribution in [0.2, 0.25) is 0 Å². The van der Waals surface area contributed by atoms with Crippen LogP contribution in [0, 0.1) is 0 Å². The first-order valence-corrected chi connectivity index (χ1v) is 7.92. The molecule has 0 radical (unpaired) electrons. The third kappa shape index (κ3) is 3.71. The maximum absolute atomic E-state index is 12.2. The highest BCUT2D eigenvalue weighted by molar-refractivity contribution is 7.89. The van der Waals surface area contributed by atoms with E-state index in [0.29, 0.717) is 31.6 Å². The van der Waals surface area contributed by atoms with Crippen molar-refractivity contribution in [1.82, 2.24) is 10.0 Å². The van der Waals surface area contributed by atoms with E-state index in [1.807, 2.05) is 0 Å². The number of sulfonamides is 1. The Bertz CT molecular complexity index is 569. The maximum atomic E-state index is 12.2. The molecule has 0 bridgehead atoms. The van der Waals surface area contributed by atoms with E-state index in [9.17, 15) is 13.2 Å². The number of amides is 1. The fraction of sp³-hybridized carbons (Fsp3) is 0.462. The molecule has 20 heavy (non-hydrogen) atoms. The van der Waals surface area contributed by atoms with Crippen LogP contribution >= 0.6 is 0 Å². The molecule has 1 atom stereocenters. The summed E-state index contributed by atoms with van der Waals surface area (Å²) in [5.74, 6) is 0.573. The summed E-state index contributed by atoms with van der Waals surface area (Å²) in [4.78, 5) is 11.4. The van der Waals surface area contributed by atoms with E-state index in [2.05, 4.69) is 10.0 Å². The average Bonchev–Trinajstić information content (AvgIpc) is 2.63. The minimum atomic E-state index is -3.56. The third-order valence-corrected chi connectivity index (χ3v) is 4.76. The van der Waals surface area contributed by atoms with Gasteiger partial charge in [-0.25, -0.2) is 13.1 Å². The van der Waals surface area contributed by atoms with Gasteiger partial charge in [-0.2, -0.15) is 0 Å². The Kier molecular flexibility index (Phi) is 4.61. The van der Waals surface area contributed by atoms with Gasteiger partial charge in [0.25, 0.3) is 0 Å². The number of ether oxygens (including phenoxy) is 1. The largest absolute Gasteiger partial charge is 0.497 e. The summed E-state index contributed by atoms with van der Waals surface area (Å²) >= 11 is 0. The molecule has 2 N–H and O–H groups in total. The standard InChI is InChI=1S/C13H18N2O4S/c1-19-11-3-5-12(6-4-11)20(17,18)15-10-2-7-13(16)14-9-8-10/h3-6,10,15H,2,7-9H2,1H3,(H,14,16). The lowest BCUT2D eigenvalue weighted by Gasteiger charge is -2.15. The molecular weight excluding hydrogens is 280 g/mol. The van der Waals surface area contributed by atoms with E-state index >= 15 is 0 Å². The molecule has 6 nitrogen and oxygen atoms in total. The molecule has 7 heteroatoms. The first-order valence-electron chi connectivity index (χ1n) is 6.44. The molecule has 2 rings (SSSR count). The Morgan fingerprint density at radius 1 is 1.25 bits per heavy atom. The molecule has 1 aliphatic heterocycles. The molecule has 1 amide bonds. The lowest BCUT2D eigenvalue weighted by atomic mass is 10.1. The van der Waals surface area contributed by atoms with Crippen LogP contribution in [-0.4, -0.2) is 34.0 Å². The Balaban J connectivity index is 2.07. The van der Waals surface area contributed by atoms with Crippen molar-refractivity contribution in [2.45, 2.75) is 30.2 Å². The monoisotopic (exact) mass is 298 g/mol. The number of hydrogen-bond acceptors (Lipinski definition) is 4. The van der Waals surface area contributed by atoms with Crippen molar-refractivity contribution >= 4 is 15.9 Å². The highest BCUT2D eigenvalue weighted by Crippen LogP contribution is 2.17. The molecule has 110 valence electrons. The van der Waals surface area contributed by atoms with Gasteiger partial charge < -0.3 is 10.1 Å². The lowest BCUT2D eigenvalue weighted by Crippen LogP contribution is -2.35. The molecule has 0 spiro atoms. The zero-order chi connectivity index (χ0) is 14.6. The van der Waals surface area contributed by atoms with Crippen molar-refractivity contribution in [3.8, 4) is 5.75 Å². The number of methoxy groups -OCH3 is 1. The molecule has 0 aromatic heterocycles. The number of carbonyl (C=O) groups is 1. The number of hydrogen-bond donors (Lipinski definition) is 2. The van der Waals surface area contributed by atoms with Crippen molar-refractivity contribution < 1.29 is 17.9 Å². The highest BCUT2D eigenvalue weighted by atomic mass is 32.2. The molecule has 1 unspecified atom stereocenters. The van der Waals surface area contributed by atoms with Crippen LogP contribution < -0.4 is 14.8 Å². The summed E-state index contributed by atoms with van der Waals surface area (Å²) in [6.45, 7) is 0.495. The van der Waals surface area contributed by atoms with Crippen LogP contribution in [0.4, 0.5) is 0 Å². The van der Waals surface area contributed by atoms with Crippen LogP contribution in [0.1, 0.15) is 19.3 Å². The zero-order valence-electron chi connectivity index (χ0n) is 11.3.